The lowest BCUT2D eigenvalue weighted by atomic mass is 10.1. The maximum absolute atomic E-state index is 9.29. The first-order valence-corrected chi connectivity index (χ1v) is 3.88. The van der Waals surface area contributed by atoms with Crippen LogP contribution >= 0.6 is 0 Å². The van der Waals surface area contributed by atoms with Gasteiger partial charge in [0.05, 0.1) is 7.11 Å². The average Bonchev–Trinajstić information content (AvgIpc) is 2.11. The van der Waals surface area contributed by atoms with Crippen LogP contribution in [0.25, 0.3) is 0 Å². The Balaban J connectivity index is 3.13. The number of aromatic hydroxyl groups is 2. The van der Waals surface area contributed by atoms with E-state index in [4.69, 9.17) is 4.74 Å². The van der Waals surface area contributed by atoms with E-state index in [-0.39, 0.29) is 17.2 Å². The van der Waals surface area contributed by atoms with Gasteiger partial charge in [-0.1, -0.05) is 6.08 Å². The molecule has 0 radical (unpaired) electrons. The number of methoxy groups -OCH3 is 1. The zero-order valence-corrected chi connectivity index (χ0v) is 7.45. The standard InChI is InChI=1S/C10H12O3/c1-3-4-7-5-8(11)10(12)9(6-7)13-2/h3,5-6,11-12H,1,4H2,2H3. The van der Waals surface area contributed by atoms with Crippen LogP contribution in [0, 0.1) is 0 Å². The SMILES string of the molecule is C=CCc1cc(O)c(O)c(OC)c1. The summed E-state index contributed by atoms with van der Waals surface area (Å²) in [6.07, 6.45) is 2.34. The summed E-state index contributed by atoms with van der Waals surface area (Å²) in [5, 5.41) is 18.6. The maximum atomic E-state index is 9.29. The molecule has 0 aliphatic rings. The predicted octanol–water partition coefficient (Wildman–Crippen LogP) is 1.83. The highest BCUT2D eigenvalue weighted by atomic mass is 16.5. The smallest absolute Gasteiger partial charge is 0.200 e. The third-order valence-corrected chi connectivity index (χ3v) is 1.71. The third kappa shape index (κ3) is 1.93. The Bertz CT molecular complexity index is 318. The van der Waals surface area contributed by atoms with Gasteiger partial charge in [0, 0.05) is 0 Å². The van der Waals surface area contributed by atoms with Crippen molar-refractivity contribution in [3.8, 4) is 17.2 Å². The van der Waals surface area contributed by atoms with Gasteiger partial charge >= 0.3 is 0 Å². The minimum absolute atomic E-state index is 0.170. The van der Waals surface area contributed by atoms with Gasteiger partial charge in [-0.2, -0.15) is 0 Å². The van der Waals surface area contributed by atoms with E-state index >= 15 is 0 Å². The van der Waals surface area contributed by atoms with Gasteiger partial charge in [-0.3, -0.25) is 0 Å². The Morgan fingerprint density at radius 3 is 2.69 bits per heavy atom. The molecular weight excluding hydrogens is 168 g/mol. The Hall–Kier alpha value is -1.64. The molecule has 0 heterocycles. The molecule has 0 amide bonds. The van der Waals surface area contributed by atoms with Crippen molar-refractivity contribution in [3.05, 3.63) is 30.4 Å². The highest BCUT2D eigenvalue weighted by Crippen LogP contribution is 2.36. The van der Waals surface area contributed by atoms with E-state index in [0.29, 0.717) is 6.42 Å². The lowest BCUT2D eigenvalue weighted by Crippen LogP contribution is -1.87. The summed E-state index contributed by atoms with van der Waals surface area (Å²) in [7, 11) is 1.44. The van der Waals surface area contributed by atoms with Crippen molar-refractivity contribution in [1.29, 1.82) is 0 Å². The quantitative estimate of drug-likeness (QED) is 0.551. The summed E-state index contributed by atoms with van der Waals surface area (Å²) in [4.78, 5) is 0. The van der Waals surface area contributed by atoms with E-state index in [1.807, 2.05) is 0 Å². The molecule has 0 atom stereocenters. The van der Waals surface area contributed by atoms with Gasteiger partial charge in [-0.15, -0.1) is 6.58 Å². The van der Waals surface area contributed by atoms with Gasteiger partial charge in [0.25, 0.3) is 0 Å². The van der Waals surface area contributed by atoms with Crippen LogP contribution in [0.4, 0.5) is 0 Å². The predicted molar refractivity (Wildman–Crippen MR) is 50.2 cm³/mol. The van der Waals surface area contributed by atoms with Crippen molar-refractivity contribution in [2.75, 3.05) is 7.11 Å². The van der Waals surface area contributed by atoms with Crippen LogP contribution in [0.3, 0.4) is 0 Å². The minimum Gasteiger partial charge on any atom is -0.504 e. The van der Waals surface area contributed by atoms with Crippen LogP contribution in [0.1, 0.15) is 5.56 Å². The first-order chi connectivity index (χ1) is 6.19. The van der Waals surface area contributed by atoms with Crippen molar-refractivity contribution in [3.63, 3.8) is 0 Å². The topological polar surface area (TPSA) is 49.7 Å². The Kier molecular flexibility index (Phi) is 2.80. The molecule has 1 rings (SSSR count). The van der Waals surface area contributed by atoms with Gasteiger partial charge in [0.1, 0.15) is 0 Å². The highest BCUT2D eigenvalue weighted by molar-refractivity contribution is 5.52. The first-order valence-electron chi connectivity index (χ1n) is 3.88. The van der Waals surface area contributed by atoms with Crippen LogP contribution in [0.5, 0.6) is 17.2 Å². The molecule has 0 saturated heterocycles. The number of hydrogen-bond donors (Lipinski definition) is 2. The molecule has 0 spiro atoms. The van der Waals surface area contributed by atoms with Crippen molar-refractivity contribution in [2.24, 2.45) is 0 Å². The molecule has 70 valence electrons. The van der Waals surface area contributed by atoms with Crippen LogP contribution in [-0.4, -0.2) is 17.3 Å². The fraction of sp³-hybridized carbons (Fsp3) is 0.200. The molecule has 0 saturated carbocycles. The lowest BCUT2D eigenvalue weighted by molar-refractivity contribution is 0.350. The number of hydrogen-bond acceptors (Lipinski definition) is 3. The van der Waals surface area contributed by atoms with E-state index in [1.54, 1.807) is 12.1 Å². The summed E-state index contributed by atoms with van der Waals surface area (Å²) in [6, 6.07) is 3.15. The monoisotopic (exact) mass is 180 g/mol. The Labute approximate surface area is 76.9 Å². The zero-order valence-electron chi connectivity index (χ0n) is 7.45. The van der Waals surface area contributed by atoms with E-state index in [1.165, 1.54) is 13.2 Å². The number of allylic oxidation sites excluding steroid dienone is 1. The third-order valence-electron chi connectivity index (χ3n) is 1.71. The average molecular weight is 180 g/mol. The van der Waals surface area contributed by atoms with Gasteiger partial charge in [-0.05, 0) is 24.1 Å². The second kappa shape index (κ2) is 3.85. The van der Waals surface area contributed by atoms with E-state index in [9.17, 15) is 10.2 Å². The Morgan fingerprint density at radius 1 is 1.46 bits per heavy atom. The van der Waals surface area contributed by atoms with Crippen LogP contribution in [-0.2, 0) is 6.42 Å². The number of phenols is 2. The van der Waals surface area contributed by atoms with Crippen molar-refractivity contribution in [1.82, 2.24) is 0 Å². The normalized spacial score (nSPS) is 9.62. The molecule has 0 bridgehead atoms. The number of ether oxygens (including phenoxy) is 1. The molecule has 0 unspecified atom stereocenters. The van der Waals surface area contributed by atoms with E-state index < -0.39 is 0 Å². The molecule has 0 aliphatic carbocycles. The highest BCUT2D eigenvalue weighted by Gasteiger charge is 2.08. The van der Waals surface area contributed by atoms with Crippen molar-refractivity contribution >= 4 is 0 Å². The molecule has 1 aromatic rings. The summed E-state index contributed by atoms with van der Waals surface area (Å²) in [6.45, 7) is 3.58. The van der Waals surface area contributed by atoms with Crippen LogP contribution in [0.15, 0.2) is 24.8 Å². The molecule has 3 heteroatoms. The second-order valence-corrected chi connectivity index (χ2v) is 2.66. The number of rotatable bonds is 3. The minimum atomic E-state index is -0.227. The summed E-state index contributed by atoms with van der Waals surface area (Å²) < 4.78 is 4.87. The second-order valence-electron chi connectivity index (χ2n) is 2.66. The fourth-order valence-electron chi connectivity index (χ4n) is 1.09. The van der Waals surface area contributed by atoms with E-state index in [0.717, 1.165) is 5.56 Å². The molecule has 0 aliphatic heterocycles. The first kappa shape index (κ1) is 9.45. The number of benzene rings is 1. The summed E-state index contributed by atoms with van der Waals surface area (Å²) in [5.74, 6) is -0.122. The largest absolute Gasteiger partial charge is 0.504 e. The van der Waals surface area contributed by atoms with Gasteiger partial charge in [-0.25, -0.2) is 0 Å². The van der Waals surface area contributed by atoms with Crippen LogP contribution < -0.4 is 4.74 Å². The molecule has 2 N–H and O–H groups in total. The molecule has 1 aromatic carbocycles. The van der Waals surface area contributed by atoms with Gasteiger partial charge in [0.15, 0.2) is 11.5 Å². The van der Waals surface area contributed by atoms with Crippen molar-refractivity contribution < 1.29 is 14.9 Å². The molecule has 0 fully saturated rings. The molecule has 13 heavy (non-hydrogen) atoms. The van der Waals surface area contributed by atoms with Crippen LogP contribution in [0.2, 0.25) is 0 Å². The van der Waals surface area contributed by atoms with Crippen molar-refractivity contribution in [2.45, 2.75) is 6.42 Å². The molecular formula is C10H12O3. The number of phenolic OH excluding ortho intramolecular Hbond substituents is 2. The summed E-state index contributed by atoms with van der Waals surface area (Å²) in [5.41, 5.74) is 0.849. The maximum Gasteiger partial charge on any atom is 0.200 e. The zero-order chi connectivity index (χ0) is 9.84. The van der Waals surface area contributed by atoms with Gasteiger partial charge < -0.3 is 14.9 Å². The van der Waals surface area contributed by atoms with Gasteiger partial charge in [0.2, 0.25) is 5.75 Å². The Morgan fingerprint density at radius 2 is 2.15 bits per heavy atom. The fourth-order valence-corrected chi connectivity index (χ4v) is 1.09. The van der Waals surface area contributed by atoms with E-state index in [2.05, 4.69) is 6.58 Å². The lowest BCUT2D eigenvalue weighted by Gasteiger charge is -2.07. The molecule has 3 nitrogen and oxygen atoms in total. The summed E-state index contributed by atoms with van der Waals surface area (Å²) >= 11 is 0. The molecule has 0 aromatic heterocycles.